The summed E-state index contributed by atoms with van der Waals surface area (Å²) in [7, 11) is 1.39. The van der Waals surface area contributed by atoms with Crippen molar-refractivity contribution in [2.75, 3.05) is 12.4 Å². The van der Waals surface area contributed by atoms with Crippen LogP contribution in [0.15, 0.2) is 66.7 Å². The number of nitrogens with one attached hydrogen (secondary N) is 2. The first-order valence-electron chi connectivity index (χ1n) is 9.68. The zero-order valence-electron chi connectivity index (χ0n) is 16.9. The highest BCUT2D eigenvalue weighted by molar-refractivity contribution is 7.21. The minimum atomic E-state index is -0.705. The number of ether oxygens (including phenoxy) is 1. The smallest absolute Gasteiger partial charge is 0.266 e. The maximum absolute atomic E-state index is 14.6. The number of amides is 2. The second kappa shape index (κ2) is 9.15. The van der Waals surface area contributed by atoms with Crippen LogP contribution in [0, 0.1) is 11.6 Å². The number of carbonyl (C=O) groups excluding carboxylic acids is 2. The highest BCUT2D eigenvalue weighted by atomic mass is 32.1. The summed E-state index contributed by atoms with van der Waals surface area (Å²) in [6.45, 7) is -0.0133. The summed E-state index contributed by atoms with van der Waals surface area (Å²) in [5.74, 6) is -1.69. The van der Waals surface area contributed by atoms with Gasteiger partial charge in [0, 0.05) is 28.4 Å². The predicted molar refractivity (Wildman–Crippen MR) is 120 cm³/mol. The molecule has 162 valence electrons. The Balaban J connectivity index is 1.68. The molecule has 0 saturated heterocycles. The average molecular weight is 452 g/mol. The summed E-state index contributed by atoms with van der Waals surface area (Å²) in [5.41, 5.74) is 0.460. The summed E-state index contributed by atoms with van der Waals surface area (Å²) in [6, 6.07) is 17.4. The maximum Gasteiger partial charge on any atom is 0.266 e. The van der Waals surface area contributed by atoms with Crippen LogP contribution < -0.4 is 15.4 Å². The van der Waals surface area contributed by atoms with E-state index in [0.29, 0.717) is 21.4 Å². The lowest BCUT2D eigenvalue weighted by Crippen LogP contribution is -2.20. The largest absolute Gasteiger partial charge is 0.489 e. The predicted octanol–water partition coefficient (Wildman–Crippen LogP) is 5.37. The van der Waals surface area contributed by atoms with Gasteiger partial charge >= 0.3 is 0 Å². The van der Waals surface area contributed by atoms with E-state index in [1.54, 1.807) is 24.3 Å². The summed E-state index contributed by atoms with van der Waals surface area (Å²) in [5, 5.41) is 5.35. The van der Waals surface area contributed by atoms with Gasteiger partial charge in [-0.05, 0) is 42.5 Å². The first kappa shape index (κ1) is 21.5. The monoisotopic (exact) mass is 452 g/mol. The molecule has 2 amide bonds. The Morgan fingerprint density at radius 2 is 1.72 bits per heavy atom. The van der Waals surface area contributed by atoms with Crippen molar-refractivity contribution >= 4 is 38.9 Å². The number of benzene rings is 3. The van der Waals surface area contributed by atoms with Crippen LogP contribution in [0.25, 0.3) is 10.1 Å². The third-order valence-electron chi connectivity index (χ3n) is 4.79. The third-order valence-corrected chi connectivity index (χ3v) is 5.99. The van der Waals surface area contributed by atoms with E-state index in [4.69, 9.17) is 4.74 Å². The molecule has 3 aromatic carbocycles. The molecule has 1 aromatic heterocycles. The van der Waals surface area contributed by atoms with Gasteiger partial charge in [0.2, 0.25) is 0 Å². The quantitative estimate of drug-likeness (QED) is 0.413. The van der Waals surface area contributed by atoms with Gasteiger partial charge < -0.3 is 15.4 Å². The van der Waals surface area contributed by atoms with E-state index in [2.05, 4.69) is 10.6 Å². The van der Waals surface area contributed by atoms with Gasteiger partial charge in [-0.25, -0.2) is 8.78 Å². The molecule has 32 heavy (non-hydrogen) atoms. The number of fused-ring (bicyclic) bond motifs is 1. The molecule has 0 aliphatic heterocycles. The van der Waals surface area contributed by atoms with E-state index < -0.39 is 23.4 Å². The molecule has 0 atom stereocenters. The van der Waals surface area contributed by atoms with Gasteiger partial charge in [-0.2, -0.15) is 0 Å². The summed E-state index contributed by atoms with van der Waals surface area (Å²) < 4.78 is 35.0. The second-order valence-corrected chi connectivity index (χ2v) is 7.90. The van der Waals surface area contributed by atoms with Gasteiger partial charge in [0.15, 0.2) is 0 Å². The van der Waals surface area contributed by atoms with Crippen molar-refractivity contribution in [1.82, 2.24) is 5.32 Å². The van der Waals surface area contributed by atoms with Gasteiger partial charge in [-0.1, -0.05) is 24.3 Å². The Kier molecular flexibility index (Phi) is 6.13. The van der Waals surface area contributed by atoms with Crippen molar-refractivity contribution in [2.45, 2.75) is 6.61 Å². The Bertz CT molecular complexity index is 1310. The number of halogens is 2. The zero-order valence-corrected chi connectivity index (χ0v) is 17.8. The van der Waals surface area contributed by atoms with E-state index in [9.17, 15) is 18.4 Å². The zero-order chi connectivity index (χ0) is 22.7. The number of thiophene rings is 1. The van der Waals surface area contributed by atoms with Crippen molar-refractivity contribution in [1.29, 1.82) is 0 Å². The SMILES string of the molecule is CNC(=O)c1cc(NC(=O)c2sc3cccc(F)c3c2COc2ccccc2)ccc1F. The van der Waals surface area contributed by atoms with Crippen LogP contribution in [-0.2, 0) is 6.61 Å². The first-order valence-corrected chi connectivity index (χ1v) is 10.5. The Hall–Kier alpha value is -3.78. The van der Waals surface area contributed by atoms with Crippen molar-refractivity contribution in [3.05, 3.63) is 94.4 Å². The Morgan fingerprint density at radius 1 is 0.938 bits per heavy atom. The van der Waals surface area contributed by atoms with E-state index in [-0.39, 0.29) is 22.7 Å². The molecule has 0 bridgehead atoms. The van der Waals surface area contributed by atoms with Crippen molar-refractivity contribution < 1.29 is 23.1 Å². The van der Waals surface area contributed by atoms with Crippen LogP contribution in [-0.4, -0.2) is 18.9 Å². The fraction of sp³-hybridized carbons (Fsp3) is 0.0833. The van der Waals surface area contributed by atoms with E-state index in [0.717, 1.165) is 17.4 Å². The number of carbonyl (C=O) groups is 2. The average Bonchev–Trinajstić information content (AvgIpc) is 3.19. The molecule has 0 aliphatic carbocycles. The van der Waals surface area contributed by atoms with Crippen molar-refractivity contribution in [3.8, 4) is 5.75 Å². The van der Waals surface area contributed by atoms with Crippen LogP contribution in [0.4, 0.5) is 14.5 Å². The summed E-state index contributed by atoms with van der Waals surface area (Å²) in [4.78, 5) is 25.2. The number of para-hydroxylation sites is 1. The fourth-order valence-electron chi connectivity index (χ4n) is 3.26. The lowest BCUT2D eigenvalue weighted by molar-refractivity contribution is 0.0957. The molecule has 0 unspecified atom stereocenters. The van der Waals surface area contributed by atoms with Gasteiger partial charge in [-0.15, -0.1) is 11.3 Å². The van der Waals surface area contributed by atoms with Gasteiger partial charge in [-0.3, -0.25) is 9.59 Å². The molecule has 8 heteroatoms. The molecule has 1 heterocycles. The molecule has 4 rings (SSSR count). The minimum absolute atomic E-state index is 0.0133. The number of hydrogen-bond donors (Lipinski definition) is 2. The molecule has 0 spiro atoms. The van der Waals surface area contributed by atoms with Crippen molar-refractivity contribution in [2.24, 2.45) is 0 Å². The molecule has 2 N–H and O–H groups in total. The van der Waals surface area contributed by atoms with Crippen LogP contribution in [0.1, 0.15) is 25.6 Å². The Morgan fingerprint density at radius 3 is 2.47 bits per heavy atom. The van der Waals surface area contributed by atoms with Crippen molar-refractivity contribution in [3.63, 3.8) is 0 Å². The Labute approximate surface area is 186 Å². The first-order chi connectivity index (χ1) is 15.5. The van der Waals surface area contributed by atoms with Gasteiger partial charge in [0.25, 0.3) is 11.8 Å². The minimum Gasteiger partial charge on any atom is -0.489 e. The van der Waals surface area contributed by atoms with Crippen LogP contribution >= 0.6 is 11.3 Å². The third kappa shape index (κ3) is 4.31. The number of hydrogen-bond acceptors (Lipinski definition) is 4. The molecule has 0 aliphatic rings. The summed E-state index contributed by atoms with van der Waals surface area (Å²) >= 11 is 1.13. The molecule has 5 nitrogen and oxygen atoms in total. The molecule has 0 radical (unpaired) electrons. The summed E-state index contributed by atoms with van der Waals surface area (Å²) in [6.07, 6.45) is 0. The van der Waals surface area contributed by atoms with Gasteiger partial charge in [0.1, 0.15) is 28.9 Å². The van der Waals surface area contributed by atoms with Gasteiger partial charge in [0.05, 0.1) is 5.56 Å². The molecular weight excluding hydrogens is 434 g/mol. The van der Waals surface area contributed by atoms with E-state index >= 15 is 0 Å². The van der Waals surface area contributed by atoms with Crippen LogP contribution in [0.2, 0.25) is 0 Å². The fourth-order valence-corrected chi connectivity index (χ4v) is 4.38. The molecular formula is C24H18F2N2O3S. The highest BCUT2D eigenvalue weighted by Gasteiger charge is 2.22. The maximum atomic E-state index is 14.6. The molecule has 0 saturated carbocycles. The standard InChI is InChI=1S/C24H18F2N2O3S/c1-27-23(29)16-12-14(10-11-18(16)25)28-24(30)22-17(13-31-15-6-3-2-4-7-15)21-19(26)8-5-9-20(21)32-22/h2-12H,13H2,1H3,(H,27,29)(H,28,30). The van der Waals surface area contributed by atoms with Crippen LogP contribution in [0.3, 0.4) is 0 Å². The molecule has 4 aromatic rings. The molecule has 0 fully saturated rings. The van der Waals surface area contributed by atoms with E-state index in [1.165, 1.54) is 25.2 Å². The topological polar surface area (TPSA) is 67.4 Å². The van der Waals surface area contributed by atoms with Crippen LogP contribution in [0.5, 0.6) is 5.75 Å². The number of rotatable bonds is 6. The normalized spacial score (nSPS) is 10.7. The second-order valence-electron chi connectivity index (χ2n) is 6.85. The lowest BCUT2D eigenvalue weighted by Gasteiger charge is -2.10. The highest BCUT2D eigenvalue weighted by Crippen LogP contribution is 2.34. The van der Waals surface area contributed by atoms with E-state index in [1.807, 2.05) is 18.2 Å². The lowest BCUT2D eigenvalue weighted by atomic mass is 10.1. The number of anilines is 1.